The second-order valence-electron chi connectivity index (χ2n) is 4.59. The largest absolute Gasteiger partial charge is 0.469 e. The van der Waals surface area contributed by atoms with Crippen LogP contribution in [-0.2, 0) is 19.6 Å². The van der Waals surface area contributed by atoms with Crippen LogP contribution in [0.4, 0.5) is 0 Å². The number of aromatic amines is 1. The topological polar surface area (TPSA) is 96.5 Å². The van der Waals surface area contributed by atoms with Gasteiger partial charge in [-0.3, -0.25) is 9.59 Å². The van der Waals surface area contributed by atoms with Gasteiger partial charge in [-0.2, -0.15) is 4.31 Å². The molecule has 0 spiro atoms. The van der Waals surface area contributed by atoms with Gasteiger partial charge in [-0.15, -0.1) is 0 Å². The fraction of sp³-hybridized carbons (Fsp3) is 0.500. The molecule has 0 aliphatic carbocycles. The van der Waals surface area contributed by atoms with Gasteiger partial charge < -0.3 is 9.72 Å². The third-order valence-corrected chi connectivity index (χ3v) is 5.28. The van der Waals surface area contributed by atoms with Crippen LogP contribution in [0.1, 0.15) is 12.8 Å². The molecule has 110 valence electrons. The highest BCUT2D eigenvalue weighted by atomic mass is 32.2. The molecule has 1 saturated heterocycles. The number of nitrogens with one attached hydrogen (secondary N) is 1. The summed E-state index contributed by atoms with van der Waals surface area (Å²) in [6.07, 6.45) is 2.06. The monoisotopic (exact) mass is 300 g/mol. The summed E-state index contributed by atoms with van der Waals surface area (Å²) in [6, 6.07) is 2.45. The molecule has 7 nitrogen and oxygen atoms in total. The van der Waals surface area contributed by atoms with Gasteiger partial charge in [0.1, 0.15) is 0 Å². The van der Waals surface area contributed by atoms with Crippen molar-refractivity contribution in [2.45, 2.75) is 17.7 Å². The summed E-state index contributed by atoms with van der Waals surface area (Å²) in [5.41, 5.74) is -0.353. The average Bonchev–Trinajstić information content (AvgIpc) is 2.47. The van der Waals surface area contributed by atoms with E-state index in [2.05, 4.69) is 9.72 Å². The third kappa shape index (κ3) is 2.91. The average molecular weight is 300 g/mol. The lowest BCUT2D eigenvalue weighted by atomic mass is 9.99. The van der Waals surface area contributed by atoms with E-state index in [0.29, 0.717) is 12.8 Å². The van der Waals surface area contributed by atoms with E-state index in [1.807, 2.05) is 0 Å². The molecule has 0 atom stereocenters. The predicted octanol–water partition coefficient (Wildman–Crippen LogP) is -0.0514. The van der Waals surface area contributed by atoms with Crippen molar-refractivity contribution in [3.8, 4) is 0 Å². The number of methoxy groups -OCH3 is 1. The van der Waals surface area contributed by atoms with Crippen molar-refractivity contribution >= 4 is 16.0 Å². The number of H-pyrrole nitrogens is 1. The number of nitrogens with zero attached hydrogens (tertiary/aromatic N) is 1. The van der Waals surface area contributed by atoms with Crippen LogP contribution in [-0.4, -0.2) is 43.9 Å². The van der Waals surface area contributed by atoms with Crippen LogP contribution in [0.3, 0.4) is 0 Å². The van der Waals surface area contributed by atoms with Crippen LogP contribution in [0.15, 0.2) is 28.0 Å². The van der Waals surface area contributed by atoms with Gasteiger partial charge in [-0.05, 0) is 18.9 Å². The maximum atomic E-state index is 12.3. The molecule has 1 N–H and O–H groups in total. The van der Waals surface area contributed by atoms with E-state index in [0.717, 1.165) is 0 Å². The second-order valence-corrected chi connectivity index (χ2v) is 6.53. The zero-order valence-corrected chi connectivity index (χ0v) is 11.9. The summed E-state index contributed by atoms with van der Waals surface area (Å²) in [4.78, 5) is 24.8. The molecule has 0 unspecified atom stereocenters. The first kappa shape index (κ1) is 14.7. The van der Waals surface area contributed by atoms with Crippen molar-refractivity contribution in [1.29, 1.82) is 0 Å². The number of hydrogen-bond acceptors (Lipinski definition) is 5. The number of carbonyl (C=O) groups excluding carboxylic acids is 1. The molecule has 20 heavy (non-hydrogen) atoms. The van der Waals surface area contributed by atoms with E-state index in [4.69, 9.17) is 0 Å². The van der Waals surface area contributed by atoms with Gasteiger partial charge in [-0.25, -0.2) is 8.42 Å². The molecule has 1 aromatic heterocycles. The number of aromatic nitrogens is 1. The first-order chi connectivity index (χ1) is 9.45. The summed E-state index contributed by atoms with van der Waals surface area (Å²) in [5.74, 6) is -0.548. The Morgan fingerprint density at radius 3 is 2.50 bits per heavy atom. The highest BCUT2D eigenvalue weighted by Crippen LogP contribution is 2.23. The van der Waals surface area contributed by atoms with Gasteiger partial charge in [0, 0.05) is 25.4 Å². The van der Waals surface area contributed by atoms with Crippen LogP contribution in [0.2, 0.25) is 0 Å². The third-order valence-electron chi connectivity index (χ3n) is 3.38. The Kier molecular flexibility index (Phi) is 4.24. The number of pyridine rings is 1. The summed E-state index contributed by atoms with van der Waals surface area (Å²) in [6.45, 7) is 0.530. The number of ether oxygens (including phenoxy) is 1. The molecule has 1 fully saturated rings. The van der Waals surface area contributed by atoms with Gasteiger partial charge in [0.05, 0.1) is 17.9 Å². The molecule has 2 rings (SSSR count). The first-order valence-electron chi connectivity index (χ1n) is 6.22. The zero-order valence-electron chi connectivity index (χ0n) is 11.0. The molecule has 0 bridgehead atoms. The Morgan fingerprint density at radius 2 is 2.00 bits per heavy atom. The van der Waals surface area contributed by atoms with Crippen LogP contribution >= 0.6 is 0 Å². The number of carbonyl (C=O) groups is 1. The summed E-state index contributed by atoms with van der Waals surface area (Å²) in [7, 11) is -2.30. The summed E-state index contributed by atoms with van der Waals surface area (Å²) < 4.78 is 30.6. The Morgan fingerprint density at radius 1 is 1.35 bits per heavy atom. The number of sulfonamides is 1. The number of piperidine rings is 1. The maximum Gasteiger partial charge on any atom is 0.308 e. The highest BCUT2D eigenvalue weighted by Gasteiger charge is 2.32. The summed E-state index contributed by atoms with van der Waals surface area (Å²) in [5, 5.41) is 0. The molecule has 1 aliphatic heterocycles. The van der Waals surface area contributed by atoms with E-state index < -0.39 is 10.0 Å². The lowest BCUT2D eigenvalue weighted by Gasteiger charge is -2.29. The molecular weight excluding hydrogens is 284 g/mol. The number of hydrogen-bond donors (Lipinski definition) is 1. The molecule has 8 heteroatoms. The minimum absolute atomic E-state index is 0.0496. The Balaban J connectivity index is 2.11. The van der Waals surface area contributed by atoms with Gasteiger partial charge >= 0.3 is 5.97 Å². The number of esters is 1. The second kappa shape index (κ2) is 5.76. The van der Waals surface area contributed by atoms with E-state index >= 15 is 0 Å². The van der Waals surface area contributed by atoms with Crippen molar-refractivity contribution in [3.05, 3.63) is 28.7 Å². The molecule has 0 saturated carbocycles. The molecule has 0 amide bonds. The smallest absolute Gasteiger partial charge is 0.308 e. The first-order valence-corrected chi connectivity index (χ1v) is 7.66. The molecule has 0 aromatic carbocycles. The van der Waals surface area contributed by atoms with Gasteiger partial charge in [-0.1, -0.05) is 0 Å². The van der Waals surface area contributed by atoms with Crippen LogP contribution in [0, 0.1) is 5.92 Å². The van der Waals surface area contributed by atoms with Crippen LogP contribution in [0.25, 0.3) is 0 Å². The van der Waals surface area contributed by atoms with Crippen molar-refractivity contribution in [2.24, 2.45) is 5.92 Å². The van der Waals surface area contributed by atoms with E-state index in [1.165, 1.54) is 29.7 Å². The Hall–Kier alpha value is -1.67. The number of rotatable bonds is 3. The molecule has 0 radical (unpaired) electrons. The Bertz CT molecular complexity index is 624. The minimum atomic E-state index is -3.62. The SMILES string of the molecule is COC(=O)C1CCN(S(=O)(=O)c2ccc(=O)[nH]c2)CC1. The molecule has 2 heterocycles. The standard InChI is InChI=1S/C12H16N2O5S/c1-19-12(16)9-4-6-14(7-5-9)20(17,18)10-2-3-11(15)13-8-10/h2-3,8-9H,4-7H2,1H3,(H,13,15). The molecule has 1 aromatic rings. The quantitative estimate of drug-likeness (QED) is 0.789. The summed E-state index contributed by atoms with van der Waals surface area (Å²) >= 11 is 0. The van der Waals surface area contributed by atoms with Crippen LogP contribution < -0.4 is 5.56 Å². The predicted molar refractivity (Wildman–Crippen MR) is 70.6 cm³/mol. The van der Waals surface area contributed by atoms with E-state index in [9.17, 15) is 18.0 Å². The van der Waals surface area contributed by atoms with E-state index in [1.54, 1.807) is 0 Å². The minimum Gasteiger partial charge on any atom is -0.469 e. The van der Waals surface area contributed by atoms with Crippen molar-refractivity contribution in [3.63, 3.8) is 0 Å². The normalized spacial score (nSPS) is 17.9. The molecule has 1 aliphatic rings. The van der Waals surface area contributed by atoms with Crippen molar-refractivity contribution in [1.82, 2.24) is 9.29 Å². The fourth-order valence-electron chi connectivity index (χ4n) is 2.20. The highest BCUT2D eigenvalue weighted by molar-refractivity contribution is 7.89. The van der Waals surface area contributed by atoms with Crippen molar-refractivity contribution in [2.75, 3.05) is 20.2 Å². The van der Waals surface area contributed by atoms with Crippen molar-refractivity contribution < 1.29 is 17.9 Å². The fourth-order valence-corrected chi connectivity index (χ4v) is 3.64. The maximum absolute atomic E-state index is 12.3. The molecular formula is C12H16N2O5S. The van der Waals surface area contributed by atoms with Gasteiger partial charge in [0.25, 0.3) is 0 Å². The Labute approximate surface area is 116 Å². The zero-order chi connectivity index (χ0) is 14.8. The van der Waals surface area contributed by atoms with Gasteiger partial charge in [0.15, 0.2) is 0 Å². The lowest BCUT2D eigenvalue weighted by molar-refractivity contribution is -0.146. The van der Waals surface area contributed by atoms with Crippen LogP contribution in [0.5, 0.6) is 0 Å². The lowest BCUT2D eigenvalue weighted by Crippen LogP contribution is -2.40. The van der Waals surface area contributed by atoms with Gasteiger partial charge in [0.2, 0.25) is 15.6 Å². The van der Waals surface area contributed by atoms with E-state index in [-0.39, 0.29) is 35.4 Å².